The van der Waals surface area contributed by atoms with Crippen molar-refractivity contribution in [2.75, 3.05) is 6.61 Å². The molecule has 1 amide bonds. The minimum Gasteiger partial charge on any atom is -0.480 e. The molecule has 0 aromatic heterocycles. The average Bonchev–Trinajstić information content (AvgIpc) is 2.12. The van der Waals surface area contributed by atoms with E-state index < -0.39 is 18.1 Å². The highest BCUT2D eigenvalue weighted by Crippen LogP contribution is 2.05. The van der Waals surface area contributed by atoms with E-state index in [0.717, 1.165) is 0 Å². The predicted molar refractivity (Wildman–Crippen MR) is 60.2 cm³/mol. The summed E-state index contributed by atoms with van der Waals surface area (Å²) in [5, 5.41) is 11.2. The molecule has 1 atom stereocenters. The Kier molecular flexibility index (Phi) is 6.53. The van der Waals surface area contributed by atoms with E-state index in [9.17, 15) is 9.59 Å². The molecule has 94 valence electrons. The number of alkyl carbamates (subject to hydrolysis) is 1. The Morgan fingerprint density at radius 1 is 1.19 bits per heavy atom. The Bertz CT molecular complexity index is 238. The van der Waals surface area contributed by atoms with Crippen LogP contribution in [-0.2, 0) is 9.53 Å². The Morgan fingerprint density at radius 3 is 2.12 bits per heavy atom. The first-order chi connectivity index (χ1) is 7.32. The van der Waals surface area contributed by atoms with E-state index in [1.165, 1.54) is 0 Å². The second-order valence-corrected chi connectivity index (χ2v) is 4.66. The maximum Gasteiger partial charge on any atom is 0.407 e. The van der Waals surface area contributed by atoms with Crippen molar-refractivity contribution >= 4 is 12.1 Å². The zero-order chi connectivity index (χ0) is 12.7. The van der Waals surface area contributed by atoms with Crippen LogP contribution >= 0.6 is 0 Å². The summed E-state index contributed by atoms with van der Waals surface area (Å²) in [5.74, 6) is -0.596. The predicted octanol–water partition coefficient (Wildman–Crippen LogP) is 1.87. The second-order valence-electron chi connectivity index (χ2n) is 4.66. The first-order valence-corrected chi connectivity index (χ1v) is 5.49. The molecule has 0 heterocycles. The maximum atomic E-state index is 11.2. The first-order valence-electron chi connectivity index (χ1n) is 5.49. The van der Waals surface area contributed by atoms with Gasteiger partial charge in [0.05, 0.1) is 6.61 Å². The fraction of sp³-hybridized carbons (Fsp3) is 0.818. The number of hydrogen-bond donors (Lipinski definition) is 2. The summed E-state index contributed by atoms with van der Waals surface area (Å²) < 4.78 is 4.85. The maximum absolute atomic E-state index is 11.2. The topological polar surface area (TPSA) is 75.6 Å². The van der Waals surface area contributed by atoms with Crippen LogP contribution in [0.25, 0.3) is 0 Å². The minimum absolute atomic E-state index is 0.200. The molecule has 2 N–H and O–H groups in total. The summed E-state index contributed by atoms with van der Waals surface area (Å²) in [6.45, 7) is 7.92. The molecular weight excluding hydrogens is 210 g/mol. The van der Waals surface area contributed by atoms with Crippen molar-refractivity contribution in [1.82, 2.24) is 5.32 Å². The molecule has 0 bridgehead atoms. The summed E-state index contributed by atoms with van der Waals surface area (Å²) in [6.07, 6.45) is -0.270. The monoisotopic (exact) mass is 231 g/mol. The highest BCUT2D eigenvalue weighted by atomic mass is 16.5. The quantitative estimate of drug-likeness (QED) is 0.731. The van der Waals surface area contributed by atoms with Crippen LogP contribution in [0, 0.1) is 11.8 Å². The van der Waals surface area contributed by atoms with Gasteiger partial charge in [-0.15, -0.1) is 0 Å². The van der Waals surface area contributed by atoms with E-state index in [2.05, 4.69) is 5.32 Å². The molecule has 0 fully saturated rings. The average molecular weight is 231 g/mol. The Balaban J connectivity index is 4.08. The van der Waals surface area contributed by atoms with Crippen molar-refractivity contribution in [3.8, 4) is 0 Å². The van der Waals surface area contributed by atoms with Gasteiger partial charge in [-0.1, -0.05) is 27.7 Å². The smallest absolute Gasteiger partial charge is 0.407 e. The van der Waals surface area contributed by atoms with Gasteiger partial charge in [-0.2, -0.15) is 0 Å². The number of carbonyl (C=O) groups is 2. The van der Waals surface area contributed by atoms with Crippen LogP contribution in [0.3, 0.4) is 0 Å². The number of ether oxygens (including phenoxy) is 1. The lowest BCUT2D eigenvalue weighted by Crippen LogP contribution is -2.42. The molecule has 0 aromatic rings. The number of carbonyl (C=O) groups excluding carboxylic acids is 1. The van der Waals surface area contributed by atoms with Crippen LogP contribution in [0.1, 0.15) is 34.1 Å². The molecule has 16 heavy (non-hydrogen) atoms. The van der Waals surface area contributed by atoms with Crippen LogP contribution in [0.5, 0.6) is 0 Å². The molecule has 5 nitrogen and oxygen atoms in total. The van der Waals surface area contributed by atoms with Gasteiger partial charge in [0.15, 0.2) is 0 Å². The van der Waals surface area contributed by atoms with Gasteiger partial charge in [-0.05, 0) is 18.3 Å². The number of nitrogens with one attached hydrogen (secondary N) is 1. The lowest BCUT2D eigenvalue weighted by Gasteiger charge is -2.16. The highest BCUT2D eigenvalue weighted by Gasteiger charge is 2.21. The van der Waals surface area contributed by atoms with E-state index in [1.54, 1.807) is 0 Å². The van der Waals surface area contributed by atoms with Gasteiger partial charge in [0, 0.05) is 0 Å². The van der Waals surface area contributed by atoms with Gasteiger partial charge in [0.25, 0.3) is 0 Å². The molecule has 0 spiro atoms. The van der Waals surface area contributed by atoms with E-state index in [4.69, 9.17) is 9.84 Å². The molecule has 0 saturated heterocycles. The molecule has 0 saturated carbocycles. The zero-order valence-corrected chi connectivity index (χ0v) is 10.3. The van der Waals surface area contributed by atoms with E-state index in [-0.39, 0.29) is 11.8 Å². The Morgan fingerprint density at radius 2 is 1.75 bits per heavy atom. The molecule has 0 rings (SSSR count). The molecule has 0 radical (unpaired) electrons. The van der Waals surface area contributed by atoms with E-state index in [1.807, 2.05) is 27.7 Å². The number of carboxylic acids is 1. The third-order valence-electron chi connectivity index (χ3n) is 1.85. The first kappa shape index (κ1) is 14.7. The highest BCUT2D eigenvalue weighted by molar-refractivity contribution is 5.79. The summed E-state index contributed by atoms with van der Waals surface area (Å²) in [5.41, 5.74) is 0. The molecule has 0 aliphatic carbocycles. The lowest BCUT2D eigenvalue weighted by molar-refractivity contribution is -0.139. The SMILES string of the molecule is CC(C)COC(=O)NC(CC(C)C)C(=O)O. The summed E-state index contributed by atoms with van der Waals surface area (Å²) in [6, 6.07) is -0.875. The Hall–Kier alpha value is -1.26. The third-order valence-corrected chi connectivity index (χ3v) is 1.85. The summed E-state index contributed by atoms with van der Waals surface area (Å²) >= 11 is 0. The van der Waals surface area contributed by atoms with Crippen molar-refractivity contribution < 1.29 is 19.4 Å². The van der Waals surface area contributed by atoms with Gasteiger partial charge in [-0.25, -0.2) is 9.59 Å². The van der Waals surface area contributed by atoms with Crippen LogP contribution in [0.15, 0.2) is 0 Å². The largest absolute Gasteiger partial charge is 0.480 e. The zero-order valence-electron chi connectivity index (χ0n) is 10.3. The van der Waals surface area contributed by atoms with Gasteiger partial charge in [0.2, 0.25) is 0 Å². The van der Waals surface area contributed by atoms with Gasteiger partial charge >= 0.3 is 12.1 Å². The van der Waals surface area contributed by atoms with Gasteiger partial charge in [-0.3, -0.25) is 0 Å². The lowest BCUT2D eigenvalue weighted by atomic mass is 10.0. The standard InChI is InChI=1S/C11H21NO4/c1-7(2)5-9(10(13)14)12-11(15)16-6-8(3)4/h7-9H,5-6H2,1-4H3,(H,12,15)(H,13,14). The number of hydrogen-bond acceptors (Lipinski definition) is 3. The number of aliphatic carboxylic acids is 1. The van der Waals surface area contributed by atoms with Crippen molar-refractivity contribution in [2.45, 2.75) is 40.2 Å². The molecule has 0 aliphatic rings. The summed E-state index contributed by atoms with van der Waals surface area (Å²) in [4.78, 5) is 22.1. The number of rotatable bonds is 6. The van der Waals surface area contributed by atoms with Gasteiger partial charge < -0.3 is 15.2 Å². The molecular formula is C11H21NO4. The number of amides is 1. The van der Waals surface area contributed by atoms with Crippen molar-refractivity contribution in [2.24, 2.45) is 11.8 Å². The molecule has 0 aromatic carbocycles. The molecule has 5 heteroatoms. The van der Waals surface area contributed by atoms with Crippen molar-refractivity contribution in [1.29, 1.82) is 0 Å². The van der Waals surface area contributed by atoms with Crippen LogP contribution in [0.2, 0.25) is 0 Å². The van der Waals surface area contributed by atoms with E-state index >= 15 is 0 Å². The van der Waals surface area contributed by atoms with E-state index in [0.29, 0.717) is 13.0 Å². The Labute approximate surface area is 96.2 Å². The number of carboxylic acid groups (broad SMARTS) is 1. The second kappa shape index (κ2) is 7.09. The molecule has 0 aliphatic heterocycles. The minimum atomic E-state index is -1.03. The summed E-state index contributed by atoms with van der Waals surface area (Å²) in [7, 11) is 0. The molecule has 1 unspecified atom stereocenters. The van der Waals surface area contributed by atoms with Gasteiger partial charge in [0.1, 0.15) is 6.04 Å². The normalized spacial score (nSPS) is 12.6. The van der Waals surface area contributed by atoms with Crippen LogP contribution in [0.4, 0.5) is 4.79 Å². The van der Waals surface area contributed by atoms with Crippen LogP contribution < -0.4 is 5.32 Å². The van der Waals surface area contributed by atoms with Crippen molar-refractivity contribution in [3.05, 3.63) is 0 Å². The fourth-order valence-electron chi connectivity index (χ4n) is 1.12. The third kappa shape index (κ3) is 7.09. The van der Waals surface area contributed by atoms with Crippen LogP contribution in [-0.4, -0.2) is 29.8 Å². The fourth-order valence-corrected chi connectivity index (χ4v) is 1.12. The van der Waals surface area contributed by atoms with Crippen molar-refractivity contribution in [3.63, 3.8) is 0 Å².